The molecule has 0 aliphatic carbocycles. The largest absolute Gasteiger partial charge is 0.497 e. The summed E-state index contributed by atoms with van der Waals surface area (Å²) in [6.07, 6.45) is 2.19. The minimum atomic E-state index is -0.409. The molecule has 1 aromatic heterocycles. The molecule has 0 unspecified atom stereocenters. The summed E-state index contributed by atoms with van der Waals surface area (Å²) >= 11 is 0. The number of furan rings is 1. The minimum Gasteiger partial charge on any atom is -0.497 e. The smallest absolute Gasteiger partial charge is 0.289 e. The van der Waals surface area contributed by atoms with Gasteiger partial charge in [-0.3, -0.25) is 9.59 Å². The summed E-state index contributed by atoms with van der Waals surface area (Å²) in [4.78, 5) is 27.5. The molecular formula is C22H28N2O6. The SMILES string of the molecule is COCCCNC(=O)[C@H]1CN(C(=O)c2ccco2)C[C@H]1c1ccc(OC)cc1OC. The lowest BCUT2D eigenvalue weighted by Crippen LogP contribution is -2.36. The van der Waals surface area contributed by atoms with Crippen molar-refractivity contribution in [2.75, 3.05) is 47.6 Å². The van der Waals surface area contributed by atoms with Gasteiger partial charge < -0.3 is 28.8 Å². The predicted octanol–water partition coefficient (Wildman–Crippen LogP) is 2.31. The molecular weight excluding hydrogens is 388 g/mol. The van der Waals surface area contributed by atoms with E-state index in [1.807, 2.05) is 12.1 Å². The van der Waals surface area contributed by atoms with Crippen LogP contribution in [0.2, 0.25) is 0 Å². The maximum atomic E-state index is 13.0. The number of nitrogens with zero attached hydrogens (tertiary/aromatic N) is 1. The lowest BCUT2D eigenvalue weighted by molar-refractivity contribution is -0.125. The van der Waals surface area contributed by atoms with E-state index >= 15 is 0 Å². The van der Waals surface area contributed by atoms with Gasteiger partial charge in [0.15, 0.2) is 5.76 Å². The number of hydrogen-bond acceptors (Lipinski definition) is 6. The molecule has 1 N–H and O–H groups in total. The van der Waals surface area contributed by atoms with Crippen LogP contribution in [0.3, 0.4) is 0 Å². The van der Waals surface area contributed by atoms with Gasteiger partial charge >= 0.3 is 0 Å². The summed E-state index contributed by atoms with van der Waals surface area (Å²) in [5.41, 5.74) is 0.866. The lowest BCUT2D eigenvalue weighted by atomic mass is 9.87. The summed E-state index contributed by atoms with van der Waals surface area (Å²) < 4.78 is 21.1. The van der Waals surface area contributed by atoms with Crippen LogP contribution in [0, 0.1) is 5.92 Å². The monoisotopic (exact) mass is 416 g/mol. The molecule has 8 heteroatoms. The van der Waals surface area contributed by atoms with Gasteiger partial charge in [0.25, 0.3) is 5.91 Å². The van der Waals surface area contributed by atoms with E-state index < -0.39 is 5.92 Å². The first kappa shape index (κ1) is 21.7. The van der Waals surface area contributed by atoms with Gasteiger partial charge in [-0.15, -0.1) is 0 Å². The molecule has 3 rings (SSSR count). The standard InChI is InChI=1S/C22H28N2O6/c1-27-10-5-9-23-21(25)18-14-24(22(26)19-6-4-11-30-19)13-17(18)16-8-7-15(28-2)12-20(16)29-3/h4,6-8,11-12,17-18H,5,9-10,13-14H2,1-3H3,(H,23,25)/t17-,18-/m0/s1. The van der Waals surface area contributed by atoms with Crippen molar-refractivity contribution in [2.45, 2.75) is 12.3 Å². The van der Waals surface area contributed by atoms with Crippen molar-refractivity contribution >= 4 is 11.8 Å². The van der Waals surface area contributed by atoms with E-state index in [0.717, 1.165) is 12.0 Å². The Kier molecular flexibility index (Phi) is 7.35. The summed E-state index contributed by atoms with van der Waals surface area (Å²) in [7, 11) is 4.80. The van der Waals surface area contributed by atoms with Crippen LogP contribution >= 0.6 is 0 Å². The Balaban J connectivity index is 1.85. The second kappa shape index (κ2) is 10.2. The quantitative estimate of drug-likeness (QED) is 0.631. The number of nitrogens with one attached hydrogen (secondary N) is 1. The van der Waals surface area contributed by atoms with Crippen LogP contribution in [0.5, 0.6) is 11.5 Å². The number of benzene rings is 1. The fourth-order valence-electron chi connectivity index (χ4n) is 3.79. The second-order valence-electron chi connectivity index (χ2n) is 7.15. The van der Waals surface area contributed by atoms with Gasteiger partial charge in [0.1, 0.15) is 11.5 Å². The Bertz CT molecular complexity index is 851. The molecule has 2 amide bonds. The molecule has 2 aromatic rings. The third-order valence-corrected chi connectivity index (χ3v) is 5.34. The molecule has 1 aromatic carbocycles. The summed E-state index contributed by atoms with van der Waals surface area (Å²) in [5, 5.41) is 2.97. The van der Waals surface area contributed by atoms with Crippen LogP contribution in [-0.4, -0.2) is 64.3 Å². The van der Waals surface area contributed by atoms with Crippen LogP contribution in [0.25, 0.3) is 0 Å². The van der Waals surface area contributed by atoms with Gasteiger partial charge in [0.05, 0.1) is 26.4 Å². The van der Waals surface area contributed by atoms with E-state index in [1.54, 1.807) is 44.4 Å². The number of rotatable bonds is 9. The highest BCUT2D eigenvalue weighted by atomic mass is 16.5. The molecule has 0 bridgehead atoms. The van der Waals surface area contributed by atoms with Crippen molar-refractivity contribution in [3.63, 3.8) is 0 Å². The van der Waals surface area contributed by atoms with Crippen molar-refractivity contribution in [2.24, 2.45) is 5.92 Å². The van der Waals surface area contributed by atoms with Gasteiger partial charge in [-0.2, -0.15) is 0 Å². The molecule has 0 saturated carbocycles. The molecule has 0 radical (unpaired) electrons. The number of amides is 2. The minimum absolute atomic E-state index is 0.0938. The topological polar surface area (TPSA) is 90.2 Å². The predicted molar refractivity (Wildman–Crippen MR) is 110 cm³/mol. The highest BCUT2D eigenvalue weighted by Crippen LogP contribution is 2.39. The van der Waals surface area contributed by atoms with Crippen LogP contribution < -0.4 is 14.8 Å². The van der Waals surface area contributed by atoms with Crippen molar-refractivity contribution in [3.8, 4) is 11.5 Å². The van der Waals surface area contributed by atoms with Crippen molar-refractivity contribution < 1.29 is 28.2 Å². The van der Waals surface area contributed by atoms with Crippen LogP contribution in [0.4, 0.5) is 0 Å². The molecule has 0 spiro atoms. The number of ether oxygens (including phenoxy) is 3. The van der Waals surface area contributed by atoms with Crippen LogP contribution in [-0.2, 0) is 9.53 Å². The van der Waals surface area contributed by atoms with Gasteiger partial charge in [-0.25, -0.2) is 0 Å². The van der Waals surface area contributed by atoms with E-state index in [2.05, 4.69) is 5.32 Å². The Morgan fingerprint density at radius 3 is 2.67 bits per heavy atom. The summed E-state index contributed by atoms with van der Waals surface area (Å²) in [6.45, 7) is 1.78. The number of likely N-dealkylation sites (tertiary alicyclic amines) is 1. The van der Waals surface area contributed by atoms with Crippen LogP contribution in [0.15, 0.2) is 41.0 Å². The Labute approximate surface area is 176 Å². The fourth-order valence-corrected chi connectivity index (χ4v) is 3.79. The van der Waals surface area contributed by atoms with E-state index in [1.165, 1.54) is 6.26 Å². The second-order valence-corrected chi connectivity index (χ2v) is 7.15. The zero-order valence-electron chi connectivity index (χ0n) is 17.6. The zero-order valence-corrected chi connectivity index (χ0v) is 17.6. The summed E-state index contributed by atoms with van der Waals surface area (Å²) in [6, 6.07) is 8.83. The van der Waals surface area contributed by atoms with Crippen molar-refractivity contribution in [1.82, 2.24) is 10.2 Å². The first-order valence-electron chi connectivity index (χ1n) is 9.90. The number of hydrogen-bond donors (Lipinski definition) is 1. The lowest BCUT2D eigenvalue weighted by Gasteiger charge is -2.21. The van der Waals surface area contributed by atoms with E-state index in [4.69, 9.17) is 18.6 Å². The van der Waals surface area contributed by atoms with Crippen molar-refractivity contribution in [1.29, 1.82) is 0 Å². The normalized spacial score (nSPS) is 18.3. The molecule has 1 aliphatic rings. The Morgan fingerprint density at radius 1 is 1.17 bits per heavy atom. The number of carbonyl (C=O) groups is 2. The van der Waals surface area contributed by atoms with Crippen LogP contribution in [0.1, 0.15) is 28.5 Å². The molecule has 1 saturated heterocycles. The highest BCUT2D eigenvalue weighted by molar-refractivity contribution is 5.92. The van der Waals surface area contributed by atoms with E-state index in [9.17, 15) is 9.59 Å². The number of methoxy groups -OCH3 is 3. The zero-order chi connectivity index (χ0) is 21.5. The van der Waals surface area contributed by atoms with Gasteiger partial charge in [0, 0.05) is 50.9 Å². The molecule has 2 atom stereocenters. The third kappa shape index (κ3) is 4.76. The van der Waals surface area contributed by atoms with Gasteiger partial charge in [-0.05, 0) is 24.6 Å². The molecule has 1 fully saturated rings. The van der Waals surface area contributed by atoms with E-state index in [0.29, 0.717) is 37.7 Å². The first-order chi connectivity index (χ1) is 14.6. The van der Waals surface area contributed by atoms with E-state index in [-0.39, 0.29) is 23.5 Å². The average molecular weight is 416 g/mol. The average Bonchev–Trinajstić information content (AvgIpc) is 3.46. The molecule has 8 nitrogen and oxygen atoms in total. The maximum Gasteiger partial charge on any atom is 0.289 e. The number of carbonyl (C=O) groups excluding carboxylic acids is 2. The Morgan fingerprint density at radius 2 is 2.00 bits per heavy atom. The molecule has 2 heterocycles. The van der Waals surface area contributed by atoms with Gasteiger partial charge in [-0.1, -0.05) is 6.07 Å². The molecule has 30 heavy (non-hydrogen) atoms. The molecule has 1 aliphatic heterocycles. The third-order valence-electron chi connectivity index (χ3n) is 5.34. The summed E-state index contributed by atoms with van der Waals surface area (Å²) in [5.74, 6) is 0.606. The fraction of sp³-hybridized carbons (Fsp3) is 0.455. The maximum absolute atomic E-state index is 13.0. The molecule has 162 valence electrons. The van der Waals surface area contributed by atoms with Gasteiger partial charge in [0.2, 0.25) is 5.91 Å². The Hall–Kier alpha value is -3.00. The van der Waals surface area contributed by atoms with Crippen molar-refractivity contribution in [3.05, 3.63) is 47.9 Å². The highest BCUT2D eigenvalue weighted by Gasteiger charge is 2.42. The first-order valence-corrected chi connectivity index (χ1v) is 9.90.